The summed E-state index contributed by atoms with van der Waals surface area (Å²) in [6.07, 6.45) is 0. The van der Waals surface area contributed by atoms with Crippen molar-refractivity contribution in [2.75, 3.05) is 13.7 Å². The molecule has 0 aliphatic rings. The average molecular weight is 324 g/mol. The molecule has 0 aliphatic carbocycles. The van der Waals surface area contributed by atoms with E-state index in [2.05, 4.69) is 0 Å². The third kappa shape index (κ3) is 3.83. The van der Waals surface area contributed by atoms with Gasteiger partial charge in [-0.1, -0.05) is 11.6 Å². The number of aliphatic carboxylic acids is 1. The second-order valence-electron chi connectivity index (χ2n) is 4.20. The SMILES string of the molecule is COc1ccc(Cl)cc1S(=O)(=O)NCC(C)(O)C(=O)O. The molecule has 1 aromatic rings. The molecule has 0 radical (unpaired) electrons. The van der Waals surface area contributed by atoms with Crippen molar-refractivity contribution in [3.63, 3.8) is 0 Å². The number of benzene rings is 1. The molecule has 0 heterocycles. The third-order valence-corrected chi connectivity index (χ3v) is 4.14. The molecule has 0 fully saturated rings. The minimum absolute atomic E-state index is 0.0527. The maximum atomic E-state index is 12.1. The van der Waals surface area contributed by atoms with Gasteiger partial charge >= 0.3 is 5.97 Å². The van der Waals surface area contributed by atoms with Gasteiger partial charge in [0, 0.05) is 5.02 Å². The molecule has 20 heavy (non-hydrogen) atoms. The largest absolute Gasteiger partial charge is 0.495 e. The van der Waals surface area contributed by atoms with E-state index in [-0.39, 0.29) is 15.7 Å². The van der Waals surface area contributed by atoms with Crippen molar-refractivity contribution in [2.45, 2.75) is 17.4 Å². The Morgan fingerprint density at radius 2 is 2.10 bits per heavy atom. The number of hydrogen-bond donors (Lipinski definition) is 3. The summed E-state index contributed by atoms with van der Waals surface area (Å²) in [5.41, 5.74) is -2.22. The maximum absolute atomic E-state index is 12.1. The smallest absolute Gasteiger partial charge is 0.336 e. The van der Waals surface area contributed by atoms with Gasteiger partial charge in [-0.2, -0.15) is 0 Å². The number of sulfonamides is 1. The van der Waals surface area contributed by atoms with E-state index >= 15 is 0 Å². The van der Waals surface area contributed by atoms with Gasteiger partial charge in [-0.25, -0.2) is 17.9 Å². The summed E-state index contributed by atoms with van der Waals surface area (Å²) in [4.78, 5) is 10.5. The summed E-state index contributed by atoms with van der Waals surface area (Å²) >= 11 is 5.73. The Kier molecular flexibility index (Phi) is 4.98. The molecule has 9 heteroatoms. The third-order valence-electron chi connectivity index (χ3n) is 2.48. The second kappa shape index (κ2) is 5.96. The Labute approximate surface area is 121 Å². The minimum Gasteiger partial charge on any atom is -0.495 e. The lowest BCUT2D eigenvalue weighted by Crippen LogP contribution is -2.46. The van der Waals surface area contributed by atoms with Crippen molar-refractivity contribution < 1.29 is 28.2 Å². The number of rotatable bonds is 6. The topological polar surface area (TPSA) is 113 Å². The number of carboxylic acid groups (broad SMARTS) is 1. The van der Waals surface area contributed by atoms with Crippen molar-refractivity contribution in [2.24, 2.45) is 0 Å². The van der Waals surface area contributed by atoms with E-state index < -0.39 is 28.1 Å². The first kappa shape index (κ1) is 16.7. The number of ether oxygens (including phenoxy) is 1. The van der Waals surface area contributed by atoms with Gasteiger partial charge in [0.05, 0.1) is 13.7 Å². The Bertz CT molecular complexity index is 613. The molecule has 1 rings (SSSR count). The summed E-state index contributed by atoms with van der Waals surface area (Å²) < 4.78 is 31.1. The summed E-state index contributed by atoms with van der Waals surface area (Å²) in [6, 6.07) is 3.98. The second-order valence-corrected chi connectivity index (χ2v) is 6.37. The predicted molar refractivity (Wildman–Crippen MR) is 71.5 cm³/mol. The Hall–Kier alpha value is -1.35. The van der Waals surface area contributed by atoms with E-state index in [4.69, 9.17) is 21.4 Å². The lowest BCUT2D eigenvalue weighted by Gasteiger charge is -2.19. The van der Waals surface area contributed by atoms with E-state index in [9.17, 15) is 18.3 Å². The van der Waals surface area contributed by atoms with Crippen LogP contribution in [-0.2, 0) is 14.8 Å². The van der Waals surface area contributed by atoms with Crippen LogP contribution < -0.4 is 9.46 Å². The molecule has 0 spiro atoms. The number of carboxylic acids is 1. The fourth-order valence-electron chi connectivity index (χ4n) is 1.25. The van der Waals surface area contributed by atoms with Gasteiger partial charge in [-0.15, -0.1) is 0 Å². The van der Waals surface area contributed by atoms with Crippen LogP contribution in [0.1, 0.15) is 6.92 Å². The maximum Gasteiger partial charge on any atom is 0.336 e. The van der Waals surface area contributed by atoms with Crippen LogP contribution in [0.25, 0.3) is 0 Å². The average Bonchev–Trinajstić information content (AvgIpc) is 2.36. The van der Waals surface area contributed by atoms with Gasteiger partial charge in [0.2, 0.25) is 10.0 Å². The van der Waals surface area contributed by atoms with Gasteiger partial charge in [0.1, 0.15) is 10.6 Å². The van der Waals surface area contributed by atoms with Gasteiger partial charge in [0.25, 0.3) is 0 Å². The van der Waals surface area contributed by atoms with Crippen LogP contribution in [-0.4, -0.2) is 43.9 Å². The molecule has 1 unspecified atom stereocenters. The fraction of sp³-hybridized carbons (Fsp3) is 0.364. The molecule has 0 aliphatic heterocycles. The highest BCUT2D eigenvalue weighted by Gasteiger charge is 2.32. The van der Waals surface area contributed by atoms with E-state index in [0.29, 0.717) is 0 Å². The Morgan fingerprint density at radius 3 is 2.60 bits per heavy atom. The molecular formula is C11H14ClNO6S. The summed E-state index contributed by atoms with van der Waals surface area (Å²) in [7, 11) is -2.79. The van der Waals surface area contributed by atoms with Crippen molar-refractivity contribution in [1.82, 2.24) is 4.72 Å². The number of carbonyl (C=O) groups is 1. The highest BCUT2D eigenvalue weighted by molar-refractivity contribution is 7.89. The van der Waals surface area contributed by atoms with Crippen LogP contribution in [0.4, 0.5) is 0 Å². The van der Waals surface area contributed by atoms with Crippen LogP contribution in [0.5, 0.6) is 5.75 Å². The molecule has 1 aromatic carbocycles. The summed E-state index contributed by atoms with van der Waals surface area (Å²) in [5, 5.41) is 18.4. The quantitative estimate of drug-likeness (QED) is 0.701. The fourth-order valence-corrected chi connectivity index (χ4v) is 2.81. The Morgan fingerprint density at radius 1 is 1.50 bits per heavy atom. The summed E-state index contributed by atoms with van der Waals surface area (Å²) in [5.74, 6) is -1.49. The number of nitrogens with one attached hydrogen (secondary N) is 1. The van der Waals surface area contributed by atoms with Gasteiger partial charge in [0.15, 0.2) is 5.60 Å². The standard InChI is InChI=1S/C11H14ClNO6S/c1-11(16,10(14)15)6-13-20(17,18)9-5-7(12)3-4-8(9)19-2/h3-5,13,16H,6H2,1-2H3,(H,14,15). The van der Waals surface area contributed by atoms with Crippen LogP contribution in [0.15, 0.2) is 23.1 Å². The first-order valence-corrected chi connectivity index (χ1v) is 7.25. The van der Waals surface area contributed by atoms with Gasteiger partial charge in [-0.3, -0.25) is 0 Å². The lowest BCUT2D eigenvalue weighted by atomic mass is 10.1. The van der Waals surface area contributed by atoms with Crippen molar-refractivity contribution in [3.05, 3.63) is 23.2 Å². The number of halogens is 1. The van der Waals surface area contributed by atoms with Crippen LogP contribution >= 0.6 is 11.6 Å². The Balaban J connectivity index is 3.06. The van der Waals surface area contributed by atoms with Crippen molar-refractivity contribution >= 4 is 27.6 Å². The lowest BCUT2D eigenvalue weighted by molar-refractivity contribution is -0.155. The molecular weight excluding hydrogens is 310 g/mol. The van der Waals surface area contributed by atoms with E-state index in [1.807, 2.05) is 4.72 Å². The summed E-state index contributed by atoms with van der Waals surface area (Å²) in [6.45, 7) is 0.285. The number of aliphatic hydroxyl groups is 1. The zero-order valence-electron chi connectivity index (χ0n) is 10.8. The van der Waals surface area contributed by atoms with E-state index in [1.165, 1.54) is 19.2 Å². The van der Waals surface area contributed by atoms with Gasteiger partial charge < -0.3 is 14.9 Å². The number of methoxy groups -OCH3 is 1. The molecule has 0 amide bonds. The molecule has 3 N–H and O–H groups in total. The van der Waals surface area contributed by atoms with Crippen LogP contribution in [0.3, 0.4) is 0 Å². The van der Waals surface area contributed by atoms with Crippen LogP contribution in [0.2, 0.25) is 5.02 Å². The molecule has 0 saturated heterocycles. The molecule has 112 valence electrons. The van der Waals surface area contributed by atoms with E-state index in [0.717, 1.165) is 13.0 Å². The first-order valence-electron chi connectivity index (χ1n) is 5.39. The molecule has 7 nitrogen and oxygen atoms in total. The molecule has 0 saturated carbocycles. The normalized spacial score (nSPS) is 14.6. The highest BCUT2D eigenvalue weighted by Crippen LogP contribution is 2.26. The molecule has 0 aromatic heterocycles. The monoisotopic (exact) mass is 323 g/mol. The molecule has 0 bridgehead atoms. The first-order chi connectivity index (χ1) is 9.10. The molecule has 1 atom stereocenters. The van der Waals surface area contributed by atoms with Crippen molar-refractivity contribution in [1.29, 1.82) is 0 Å². The minimum atomic E-state index is -4.08. The highest BCUT2D eigenvalue weighted by atomic mass is 35.5. The van der Waals surface area contributed by atoms with Crippen molar-refractivity contribution in [3.8, 4) is 5.75 Å². The zero-order chi connectivity index (χ0) is 15.6. The zero-order valence-corrected chi connectivity index (χ0v) is 12.3. The van der Waals surface area contributed by atoms with Crippen LogP contribution in [0, 0.1) is 0 Å². The van der Waals surface area contributed by atoms with Gasteiger partial charge in [-0.05, 0) is 25.1 Å². The van der Waals surface area contributed by atoms with E-state index in [1.54, 1.807) is 0 Å². The number of hydrogen-bond acceptors (Lipinski definition) is 5. The predicted octanol–water partition coefficient (Wildman–Crippen LogP) is 0.463.